The van der Waals surface area contributed by atoms with Gasteiger partial charge in [0.15, 0.2) is 0 Å². The first-order valence-electron chi connectivity index (χ1n) is 21.1. The third kappa shape index (κ3) is 40.0. The molecule has 0 fully saturated rings. The molecule has 0 saturated carbocycles. The van der Waals surface area contributed by atoms with Gasteiger partial charge in [0, 0.05) is 19.8 Å². The maximum atomic E-state index is 6.29. The van der Waals surface area contributed by atoms with E-state index in [4.69, 9.17) is 14.2 Å². The van der Waals surface area contributed by atoms with Crippen molar-refractivity contribution in [3.8, 4) is 0 Å². The molecule has 0 radical (unpaired) electrons. The maximum Gasteiger partial charge on any atom is 0.104 e. The summed E-state index contributed by atoms with van der Waals surface area (Å²) in [6.45, 7) is 10.9. The quantitative estimate of drug-likeness (QED) is 0.0624. The molecule has 0 aromatic heterocycles. The lowest BCUT2D eigenvalue weighted by Crippen LogP contribution is -2.26. The predicted molar refractivity (Wildman–Crippen MR) is 201 cm³/mol. The first kappa shape index (κ1) is 44.9. The highest BCUT2D eigenvalue weighted by Crippen LogP contribution is 2.14. The highest BCUT2D eigenvalue weighted by atomic mass is 16.6. The third-order valence-corrected chi connectivity index (χ3v) is 9.49. The number of unbranched alkanes of at least 4 members (excludes halogenated alkanes) is 30. The Bertz CT molecular complexity index is 466. The van der Waals surface area contributed by atoms with Crippen molar-refractivity contribution >= 4 is 0 Å². The van der Waals surface area contributed by atoms with Crippen molar-refractivity contribution in [2.45, 2.75) is 239 Å². The van der Waals surface area contributed by atoms with Crippen LogP contribution in [0.1, 0.15) is 233 Å². The zero-order valence-electron chi connectivity index (χ0n) is 31.7. The van der Waals surface area contributed by atoms with Gasteiger partial charge in [-0.2, -0.15) is 0 Å². The Morgan fingerprint density at radius 3 is 0.756 bits per heavy atom. The van der Waals surface area contributed by atoms with Crippen molar-refractivity contribution in [2.24, 2.45) is 0 Å². The molecule has 0 unspecified atom stereocenters. The lowest BCUT2D eigenvalue weighted by molar-refractivity contribution is -0.0616. The van der Waals surface area contributed by atoms with Gasteiger partial charge in [-0.25, -0.2) is 0 Å². The van der Waals surface area contributed by atoms with E-state index in [0.717, 1.165) is 19.8 Å². The van der Waals surface area contributed by atoms with E-state index >= 15 is 0 Å². The summed E-state index contributed by atoms with van der Waals surface area (Å²) in [5.41, 5.74) is 0. The van der Waals surface area contributed by atoms with Crippen LogP contribution in [0.3, 0.4) is 0 Å². The molecule has 0 heterocycles. The molecule has 0 aliphatic rings. The van der Waals surface area contributed by atoms with Crippen LogP contribution in [-0.2, 0) is 14.2 Å². The van der Waals surface area contributed by atoms with E-state index in [-0.39, 0.29) is 6.10 Å². The molecule has 0 atom stereocenters. The van der Waals surface area contributed by atoms with Crippen LogP contribution in [0.5, 0.6) is 0 Å². The van der Waals surface area contributed by atoms with Crippen molar-refractivity contribution in [1.29, 1.82) is 0 Å². The van der Waals surface area contributed by atoms with E-state index in [9.17, 15) is 0 Å². The van der Waals surface area contributed by atoms with Gasteiger partial charge in [-0.05, 0) is 19.3 Å². The van der Waals surface area contributed by atoms with Gasteiger partial charge >= 0.3 is 0 Å². The fourth-order valence-corrected chi connectivity index (χ4v) is 6.33. The summed E-state index contributed by atoms with van der Waals surface area (Å²) in [5.74, 6) is 0. The Hall–Kier alpha value is -0.120. The van der Waals surface area contributed by atoms with Gasteiger partial charge in [0.25, 0.3) is 0 Å². The molecule has 272 valence electrons. The molecule has 0 aromatic rings. The average molecular weight is 639 g/mol. The monoisotopic (exact) mass is 639 g/mol. The summed E-state index contributed by atoms with van der Waals surface area (Å²) in [5, 5.41) is 0. The van der Waals surface area contributed by atoms with Crippen LogP contribution in [0, 0.1) is 0 Å². The highest BCUT2D eigenvalue weighted by Gasteiger charge is 2.10. The Balaban J connectivity index is 3.91. The van der Waals surface area contributed by atoms with Crippen LogP contribution >= 0.6 is 0 Å². The summed E-state index contributed by atoms with van der Waals surface area (Å²) < 4.78 is 18.5. The molecular weight excluding hydrogens is 552 g/mol. The van der Waals surface area contributed by atoms with E-state index < -0.39 is 0 Å². The molecule has 0 rings (SSSR count). The van der Waals surface area contributed by atoms with Gasteiger partial charge in [-0.15, -0.1) is 0 Å². The van der Waals surface area contributed by atoms with Gasteiger partial charge in [0.05, 0.1) is 13.2 Å². The molecule has 3 heteroatoms. The zero-order chi connectivity index (χ0) is 32.6. The standard InChI is InChI=1S/C42H86O3/c1-4-7-10-13-16-19-22-25-28-31-34-37-43-40-42(45-39-36-33-30-27-24-21-18-15-12-9-6-3)41-44-38-35-32-29-26-23-20-17-14-11-8-5-2/h42H,4-41H2,1-3H3. The molecule has 0 aliphatic heterocycles. The van der Waals surface area contributed by atoms with E-state index in [1.165, 1.54) is 212 Å². The molecule has 0 amide bonds. The lowest BCUT2D eigenvalue weighted by atomic mass is 10.1. The molecule has 0 saturated heterocycles. The van der Waals surface area contributed by atoms with Crippen molar-refractivity contribution in [3.63, 3.8) is 0 Å². The Morgan fingerprint density at radius 1 is 0.267 bits per heavy atom. The number of ether oxygens (including phenoxy) is 3. The summed E-state index contributed by atoms with van der Waals surface area (Å²) >= 11 is 0. The second-order valence-electron chi connectivity index (χ2n) is 14.2. The number of hydrogen-bond acceptors (Lipinski definition) is 3. The van der Waals surface area contributed by atoms with E-state index in [1.807, 2.05) is 0 Å². The van der Waals surface area contributed by atoms with Crippen LogP contribution in [0.15, 0.2) is 0 Å². The van der Waals surface area contributed by atoms with Crippen LogP contribution in [0.2, 0.25) is 0 Å². The van der Waals surface area contributed by atoms with Gasteiger partial charge in [-0.1, -0.05) is 213 Å². The van der Waals surface area contributed by atoms with Crippen molar-refractivity contribution < 1.29 is 14.2 Å². The normalized spacial score (nSPS) is 11.7. The first-order valence-corrected chi connectivity index (χ1v) is 21.1. The largest absolute Gasteiger partial charge is 0.379 e. The minimum Gasteiger partial charge on any atom is -0.379 e. The highest BCUT2D eigenvalue weighted by molar-refractivity contribution is 4.58. The SMILES string of the molecule is CCCCCCCCCCCCCOCC(COCCCCCCCCCCCCC)OCCCCCCCCCCCCC. The van der Waals surface area contributed by atoms with Gasteiger partial charge in [0.1, 0.15) is 6.10 Å². The molecular formula is C42H86O3. The Morgan fingerprint density at radius 2 is 0.489 bits per heavy atom. The fraction of sp³-hybridized carbons (Fsp3) is 1.00. The van der Waals surface area contributed by atoms with E-state index in [2.05, 4.69) is 20.8 Å². The summed E-state index contributed by atoms with van der Waals surface area (Å²) in [7, 11) is 0. The minimum absolute atomic E-state index is 0.0912. The molecule has 0 aromatic carbocycles. The van der Waals surface area contributed by atoms with Crippen molar-refractivity contribution in [2.75, 3.05) is 33.0 Å². The van der Waals surface area contributed by atoms with Gasteiger partial charge in [0.2, 0.25) is 0 Å². The average Bonchev–Trinajstić information content (AvgIpc) is 3.05. The third-order valence-electron chi connectivity index (χ3n) is 9.49. The van der Waals surface area contributed by atoms with E-state index in [0.29, 0.717) is 13.2 Å². The van der Waals surface area contributed by atoms with Crippen LogP contribution in [0.25, 0.3) is 0 Å². The van der Waals surface area contributed by atoms with Crippen molar-refractivity contribution in [1.82, 2.24) is 0 Å². The number of rotatable bonds is 41. The summed E-state index contributed by atoms with van der Waals surface area (Å²) in [6, 6.07) is 0. The Labute approximate surface area is 285 Å². The first-order chi connectivity index (χ1) is 22.3. The van der Waals surface area contributed by atoms with Crippen molar-refractivity contribution in [3.05, 3.63) is 0 Å². The summed E-state index contributed by atoms with van der Waals surface area (Å²) in [4.78, 5) is 0. The predicted octanol–water partition coefficient (Wildman–Crippen LogP) is 14.3. The van der Waals surface area contributed by atoms with E-state index in [1.54, 1.807) is 0 Å². The molecule has 0 aliphatic carbocycles. The lowest BCUT2D eigenvalue weighted by Gasteiger charge is -2.18. The molecule has 3 nitrogen and oxygen atoms in total. The Kier molecular flexibility index (Phi) is 41.8. The topological polar surface area (TPSA) is 27.7 Å². The molecule has 0 bridgehead atoms. The maximum absolute atomic E-state index is 6.29. The second kappa shape index (κ2) is 41.9. The summed E-state index contributed by atoms with van der Waals surface area (Å²) in [6.07, 6.45) is 45.5. The molecule has 45 heavy (non-hydrogen) atoms. The van der Waals surface area contributed by atoms with Crippen LogP contribution in [0.4, 0.5) is 0 Å². The smallest absolute Gasteiger partial charge is 0.104 e. The zero-order valence-corrected chi connectivity index (χ0v) is 31.7. The number of hydrogen-bond donors (Lipinski definition) is 0. The second-order valence-corrected chi connectivity index (χ2v) is 14.2. The van der Waals surface area contributed by atoms with Gasteiger partial charge < -0.3 is 14.2 Å². The minimum atomic E-state index is 0.0912. The van der Waals surface area contributed by atoms with Crippen LogP contribution in [-0.4, -0.2) is 39.1 Å². The van der Waals surface area contributed by atoms with Gasteiger partial charge in [-0.3, -0.25) is 0 Å². The van der Waals surface area contributed by atoms with Crippen LogP contribution < -0.4 is 0 Å². The molecule has 0 N–H and O–H groups in total. The molecule has 0 spiro atoms. The fourth-order valence-electron chi connectivity index (χ4n) is 6.33.